The van der Waals surface area contributed by atoms with Crippen molar-refractivity contribution in [3.05, 3.63) is 116 Å². The Kier molecular flexibility index (Phi) is 13.6. The van der Waals surface area contributed by atoms with Gasteiger partial charge in [-0.2, -0.15) is 0 Å². The van der Waals surface area contributed by atoms with Gasteiger partial charge in [-0.1, -0.05) is 30.3 Å². The largest absolute Gasteiger partial charge is 0.511 e. The van der Waals surface area contributed by atoms with Crippen molar-refractivity contribution in [2.24, 2.45) is 0 Å². The van der Waals surface area contributed by atoms with E-state index in [0.717, 1.165) is 60.1 Å². The van der Waals surface area contributed by atoms with Gasteiger partial charge >= 0.3 is 12.1 Å². The van der Waals surface area contributed by atoms with Crippen LogP contribution in [-0.4, -0.2) is 90.8 Å². The summed E-state index contributed by atoms with van der Waals surface area (Å²) in [6.07, 6.45) is 2.34. The fourth-order valence-electron chi connectivity index (χ4n) is 6.15. The third kappa shape index (κ3) is 12.2. The number of nitro benzene ring substituents is 2. The van der Waals surface area contributed by atoms with Gasteiger partial charge in [0.05, 0.1) is 36.6 Å². The molecule has 0 saturated carbocycles. The average molecular weight is 681 g/mol. The van der Waals surface area contributed by atoms with Gasteiger partial charge in [0.25, 0.3) is 11.4 Å². The Hall–Kier alpha value is -4.92. The summed E-state index contributed by atoms with van der Waals surface area (Å²) < 4.78 is 22.0. The highest BCUT2D eigenvalue weighted by Gasteiger charge is 2.30. The second-order valence-electron chi connectivity index (χ2n) is 12.7. The molecule has 1 heterocycles. The number of hydrogen-bond donors (Lipinski definition) is 0. The van der Waals surface area contributed by atoms with Crippen molar-refractivity contribution in [2.45, 2.75) is 38.9 Å². The number of esters is 1. The lowest BCUT2D eigenvalue weighted by atomic mass is 10.0. The van der Waals surface area contributed by atoms with Crippen LogP contribution in [0.25, 0.3) is 0 Å². The standard InChI is InChI=1S/C35H44N4O10/c1-38(24-29-8-4-2-5-9-29,25-30-10-14-32(15-11-30)36(42)43)20-23-47-35(41)49-28-48-34(40)27-46-22-21-39(18-6-3-7-19-39)26-31-12-16-33(17-13-31)37(44)45/h2,4-5,8-17H,3,6-7,18-28H2,1H3/q+2. The number of carbonyl (C=O) groups excluding carboxylic acids is 2. The monoisotopic (exact) mass is 680 g/mol. The van der Waals surface area contributed by atoms with Crippen LogP contribution in [0.3, 0.4) is 0 Å². The van der Waals surface area contributed by atoms with Crippen molar-refractivity contribution in [1.82, 2.24) is 0 Å². The molecule has 1 fully saturated rings. The minimum Gasteiger partial charge on any atom is -0.428 e. The number of likely N-dealkylation sites (tertiary alicyclic amines) is 1. The van der Waals surface area contributed by atoms with Crippen LogP contribution in [0.4, 0.5) is 16.2 Å². The number of likely N-dealkylation sites (N-methyl/N-ethyl adjacent to an activating group) is 1. The third-order valence-electron chi connectivity index (χ3n) is 8.73. The van der Waals surface area contributed by atoms with Crippen LogP contribution in [0.15, 0.2) is 78.9 Å². The van der Waals surface area contributed by atoms with Gasteiger partial charge in [-0.05, 0) is 43.5 Å². The number of carbonyl (C=O) groups is 2. The number of nitrogens with zero attached hydrogens (tertiary/aromatic N) is 4. The molecule has 1 unspecified atom stereocenters. The van der Waals surface area contributed by atoms with Crippen molar-refractivity contribution < 1.29 is 47.3 Å². The minimum absolute atomic E-state index is 0.0169. The maximum absolute atomic E-state index is 12.2. The molecule has 0 bridgehead atoms. The molecule has 1 atom stereocenters. The zero-order valence-corrected chi connectivity index (χ0v) is 27.8. The molecule has 0 aromatic heterocycles. The third-order valence-corrected chi connectivity index (χ3v) is 8.73. The Labute approximate surface area is 285 Å². The average Bonchev–Trinajstić information content (AvgIpc) is 3.08. The van der Waals surface area contributed by atoms with Crippen LogP contribution < -0.4 is 0 Å². The number of non-ortho nitro benzene ring substituents is 2. The van der Waals surface area contributed by atoms with Gasteiger partial charge in [-0.25, -0.2) is 9.59 Å². The Morgan fingerprint density at radius 1 is 0.735 bits per heavy atom. The summed E-state index contributed by atoms with van der Waals surface area (Å²) in [5, 5.41) is 22.0. The highest BCUT2D eigenvalue weighted by molar-refractivity contribution is 5.70. The first kappa shape index (κ1) is 36.9. The summed E-state index contributed by atoms with van der Waals surface area (Å²) in [7, 11) is 2.01. The number of hydrogen-bond acceptors (Lipinski definition) is 10. The van der Waals surface area contributed by atoms with E-state index in [1.165, 1.54) is 24.3 Å². The van der Waals surface area contributed by atoms with E-state index in [2.05, 4.69) is 0 Å². The molecule has 14 heteroatoms. The molecule has 1 saturated heterocycles. The van der Waals surface area contributed by atoms with Crippen LogP contribution in [-0.2, 0) is 43.4 Å². The predicted octanol–water partition coefficient (Wildman–Crippen LogP) is 5.52. The van der Waals surface area contributed by atoms with Gasteiger partial charge in [-0.15, -0.1) is 0 Å². The molecule has 0 amide bonds. The molecule has 4 rings (SSSR count). The SMILES string of the molecule is C[N+](CCOC(=O)OCOC(=O)COCC[N+]1(Cc2ccc([N+](=O)[O-])cc2)CCCCC1)(Cc1ccccc1)Cc1ccc([N+](=O)[O-])cc1. The molecule has 1 aliphatic rings. The number of nitro groups is 2. The van der Waals surface area contributed by atoms with Crippen LogP contribution in [0.2, 0.25) is 0 Å². The maximum atomic E-state index is 12.2. The first-order valence-corrected chi connectivity index (χ1v) is 16.3. The van der Waals surface area contributed by atoms with E-state index in [-0.39, 0.29) is 24.6 Å². The molecule has 0 aliphatic carbocycles. The second-order valence-corrected chi connectivity index (χ2v) is 12.7. The molecular weight excluding hydrogens is 636 g/mol. The molecule has 0 radical (unpaired) electrons. The summed E-state index contributed by atoms with van der Waals surface area (Å²) in [5.41, 5.74) is 3.08. The van der Waals surface area contributed by atoms with Crippen molar-refractivity contribution in [2.75, 3.05) is 59.8 Å². The van der Waals surface area contributed by atoms with E-state index in [1.807, 2.05) is 37.4 Å². The Morgan fingerprint density at radius 3 is 1.90 bits per heavy atom. The lowest BCUT2D eigenvalue weighted by Gasteiger charge is -2.41. The summed E-state index contributed by atoms with van der Waals surface area (Å²) in [5.74, 6) is -0.677. The van der Waals surface area contributed by atoms with Gasteiger partial charge in [0, 0.05) is 41.0 Å². The topological polar surface area (TPSA) is 157 Å². The number of piperidine rings is 1. The molecule has 49 heavy (non-hydrogen) atoms. The molecule has 0 spiro atoms. The number of benzene rings is 3. The maximum Gasteiger partial charge on any atom is 0.511 e. The first-order valence-electron chi connectivity index (χ1n) is 16.3. The molecular formula is C35H44N4O10+2. The Bertz CT molecular complexity index is 1530. The van der Waals surface area contributed by atoms with Crippen LogP contribution >= 0.6 is 0 Å². The van der Waals surface area contributed by atoms with E-state index in [4.69, 9.17) is 18.9 Å². The van der Waals surface area contributed by atoms with E-state index >= 15 is 0 Å². The van der Waals surface area contributed by atoms with Crippen LogP contribution in [0.5, 0.6) is 0 Å². The predicted molar refractivity (Wildman–Crippen MR) is 178 cm³/mol. The zero-order chi connectivity index (χ0) is 35.1. The van der Waals surface area contributed by atoms with Crippen molar-refractivity contribution in [3.8, 4) is 0 Å². The van der Waals surface area contributed by atoms with Crippen molar-refractivity contribution in [1.29, 1.82) is 0 Å². The zero-order valence-electron chi connectivity index (χ0n) is 27.8. The quantitative estimate of drug-likeness (QED) is 0.0418. The normalized spacial score (nSPS) is 15.0. The number of ether oxygens (including phenoxy) is 4. The fourth-order valence-corrected chi connectivity index (χ4v) is 6.15. The highest BCUT2D eigenvalue weighted by Crippen LogP contribution is 2.24. The smallest absolute Gasteiger partial charge is 0.428 e. The van der Waals surface area contributed by atoms with Gasteiger partial charge in [0.1, 0.15) is 45.9 Å². The van der Waals surface area contributed by atoms with E-state index in [9.17, 15) is 29.8 Å². The summed E-state index contributed by atoms with van der Waals surface area (Å²) in [6, 6.07) is 22.9. The Morgan fingerprint density at radius 2 is 1.31 bits per heavy atom. The van der Waals surface area contributed by atoms with Crippen molar-refractivity contribution in [3.63, 3.8) is 0 Å². The van der Waals surface area contributed by atoms with Gasteiger partial charge < -0.3 is 27.9 Å². The first-order chi connectivity index (χ1) is 23.5. The van der Waals surface area contributed by atoms with E-state index in [1.54, 1.807) is 24.3 Å². The summed E-state index contributed by atoms with van der Waals surface area (Å²) >= 11 is 0. The molecule has 14 nitrogen and oxygen atoms in total. The van der Waals surface area contributed by atoms with Crippen LogP contribution in [0, 0.1) is 20.2 Å². The molecule has 3 aromatic rings. The van der Waals surface area contributed by atoms with Gasteiger partial charge in [0.15, 0.2) is 0 Å². The molecule has 3 aromatic carbocycles. The summed E-state index contributed by atoms with van der Waals surface area (Å²) in [4.78, 5) is 45.6. The summed E-state index contributed by atoms with van der Waals surface area (Å²) in [6.45, 7) is 4.38. The van der Waals surface area contributed by atoms with E-state index in [0.29, 0.717) is 37.3 Å². The molecule has 1 aliphatic heterocycles. The van der Waals surface area contributed by atoms with Crippen molar-refractivity contribution >= 4 is 23.5 Å². The van der Waals surface area contributed by atoms with Gasteiger partial charge in [-0.3, -0.25) is 20.2 Å². The lowest BCUT2D eigenvalue weighted by molar-refractivity contribution is -0.945. The van der Waals surface area contributed by atoms with Gasteiger partial charge in [0.2, 0.25) is 6.79 Å². The van der Waals surface area contributed by atoms with E-state index < -0.39 is 28.8 Å². The molecule has 0 N–H and O–H groups in total. The molecule has 262 valence electrons. The second kappa shape index (κ2) is 18.0. The highest BCUT2D eigenvalue weighted by atomic mass is 16.8. The Balaban J connectivity index is 1.16. The lowest BCUT2D eigenvalue weighted by Crippen LogP contribution is -2.52. The fraction of sp³-hybridized carbons (Fsp3) is 0.429. The minimum atomic E-state index is -0.974. The number of quaternary nitrogens is 2. The number of rotatable bonds is 18. The van der Waals surface area contributed by atoms with Crippen LogP contribution in [0.1, 0.15) is 36.0 Å².